The van der Waals surface area contributed by atoms with Crippen molar-refractivity contribution in [3.63, 3.8) is 0 Å². The zero-order valence-electron chi connectivity index (χ0n) is 10.2. The van der Waals surface area contributed by atoms with E-state index in [4.69, 9.17) is 9.31 Å². The Morgan fingerprint density at radius 2 is 1.53 bits per heavy atom. The molecule has 0 radical (unpaired) electrons. The quantitative estimate of drug-likeness (QED) is 0.649. The van der Waals surface area contributed by atoms with E-state index in [9.17, 15) is 0 Å². The molecule has 2 nitrogen and oxygen atoms in total. The maximum Gasteiger partial charge on any atom is 0.461 e. The van der Waals surface area contributed by atoms with E-state index >= 15 is 0 Å². The van der Waals surface area contributed by atoms with Crippen LogP contribution in [0.15, 0.2) is 0 Å². The van der Waals surface area contributed by atoms with Crippen molar-refractivity contribution >= 4 is 7.12 Å². The largest absolute Gasteiger partial charge is 0.461 e. The van der Waals surface area contributed by atoms with Gasteiger partial charge in [-0.2, -0.15) is 0 Å². The van der Waals surface area contributed by atoms with Gasteiger partial charge in [-0.1, -0.05) is 0 Å². The van der Waals surface area contributed by atoms with Gasteiger partial charge >= 0.3 is 7.12 Å². The van der Waals surface area contributed by atoms with Crippen molar-refractivity contribution in [2.45, 2.75) is 64.0 Å². The molecule has 0 unspecified atom stereocenters. The van der Waals surface area contributed by atoms with Gasteiger partial charge in [0.15, 0.2) is 0 Å². The van der Waals surface area contributed by atoms with E-state index in [0.717, 1.165) is 11.8 Å². The molecule has 3 rings (SSSR count). The highest BCUT2D eigenvalue weighted by molar-refractivity contribution is 6.48. The Balaban J connectivity index is 1.66. The molecule has 3 fully saturated rings. The molecule has 84 valence electrons. The van der Waals surface area contributed by atoms with Gasteiger partial charge in [0.2, 0.25) is 0 Å². The average Bonchev–Trinajstić information content (AvgIpc) is 2.96. The normalized spacial score (nSPS) is 42.0. The van der Waals surface area contributed by atoms with Crippen molar-refractivity contribution < 1.29 is 9.31 Å². The molecule has 1 saturated heterocycles. The smallest absolute Gasteiger partial charge is 0.403 e. The maximum atomic E-state index is 6.07. The van der Waals surface area contributed by atoms with Crippen LogP contribution in [-0.4, -0.2) is 18.3 Å². The monoisotopic (exact) mass is 208 g/mol. The van der Waals surface area contributed by atoms with Gasteiger partial charge < -0.3 is 9.31 Å². The summed E-state index contributed by atoms with van der Waals surface area (Å²) in [7, 11) is 0.0700. The van der Waals surface area contributed by atoms with Crippen LogP contribution >= 0.6 is 0 Å². The Kier molecular flexibility index (Phi) is 1.90. The van der Waals surface area contributed by atoms with Gasteiger partial charge in [-0.25, -0.2) is 0 Å². The zero-order valence-corrected chi connectivity index (χ0v) is 10.2. The van der Waals surface area contributed by atoms with Crippen molar-refractivity contribution in [3.8, 4) is 0 Å². The van der Waals surface area contributed by atoms with Crippen LogP contribution in [0, 0.1) is 11.8 Å². The van der Waals surface area contributed by atoms with E-state index in [2.05, 4.69) is 27.7 Å². The fraction of sp³-hybridized carbons (Fsp3) is 1.00. The second-order valence-electron chi connectivity index (χ2n) is 6.53. The van der Waals surface area contributed by atoms with Gasteiger partial charge in [0.1, 0.15) is 0 Å². The highest BCUT2D eigenvalue weighted by atomic mass is 16.7. The summed E-state index contributed by atoms with van der Waals surface area (Å²) < 4.78 is 12.1. The molecule has 0 amide bonds. The fourth-order valence-corrected chi connectivity index (χ4v) is 2.68. The van der Waals surface area contributed by atoms with E-state index in [0.29, 0.717) is 5.82 Å². The molecular formula is C12H21BO2. The van der Waals surface area contributed by atoms with Crippen LogP contribution in [0.1, 0.15) is 47.0 Å². The van der Waals surface area contributed by atoms with Crippen LogP contribution in [0.5, 0.6) is 0 Å². The lowest BCUT2D eigenvalue weighted by Gasteiger charge is -2.32. The number of rotatable bonds is 2. The second-order valence-corrected chi connectivity index (χ2v) is 6.53. The molecule has 3 aliphatic rings. The lowest BCUT2D eigenvalue weighted by Crippen LogP contribution is -2.41. The summed E-state index contributed by atoms with van der Waals surface area (Å²) in [5.74, 6) is 2.62. The van der Waals surface area contributed by atoms with E-state index in [-0.39, 0.29) is 18.3 Å². The fourth-order valence-electron chi connectivity index (χ4n) is 2.68. The van der Waals surface area contributed by atoms with Crippen molar-refractivity contribution in [2.75, 3.05) is 0 Å². The van der Waals surface area contributed by atoms with E-state index < -0.39 is 0 Å². The van der Waals surface area contributed by atoms with Gasteiger partial charge in [0.05, 0.1) is 11.2 Å². The van der Waals surface area contributed by atoms with Gasteiger partial charge in [-0.05, 0) is 64.6 Å². The third-order valence-corrected chi connectivity index (χ3v) is 4.74. The van der Waals surface area contributed by atoms with Crippen LogP contribution in [0.25, 0.3) is 0 Å². The molecule has 0 bridgehead atoms. The molecule has 1 aliphatic heterocycles. The highest BCUT2D eigenvalue weighted by Gasteiger charge is 2.61. The SMILES string of the molecule is CC1(C)OB([C@@H]2C[C@H]2C2CC2)OC1(C)C. The second kappa shape index (κ2) is 2.81. The molecule has 3 heteroatoms. The summed E-state index contributed by atoms with van der Waals surface area (Å²) in [6.45, 7) is 8.56. The summed E-state index contributed by atoms with van der Waals surface area (Å²) >= 11 is 0. The summed E-state index contributed by atoms with van der Waals surface area (Å²) in [6.07, 6.45) is 4.23. The first-order valence-corrected chi connectivity index (χ1v) is 6.26. The molecule has 0 aromatic rings. The molecule has 0 spiro atoms. The van der Waals surface area contributed by atoms with E-state index in [1.54, 1.807) is 0 Å². The topological polar surface area (TPSA) is 18.5 Å². The van der Waals surface area contributed by atoms with Crippen molar-refractivity contribution in [2.24, 2.45) is 11.8 Å². The Morgan fingerprint density at radius 3 is 2.00 bits per heavy atom. The Morgan fingerprint density at radius 1 is 1.00 bits per heavy atom. The van der Waals surface area contributed by atoms with Gasteiger partial charge in [0, 0.05) is 0 Å². The predicted octanol–water partition coefficient (Wildman–Crippen LogP) is 2.88. The summed E-state index contributed by atoms with van der Waals surface area (Å²) in [5, 5.41) is 0. The molecule has 0 aromatic heterocycles. The zero-order chi connectivity index (χ0) is 10.8. The van der Waals surface area contributed by atoms with Gasteiger partial charge in [-0.3, -0.25) is 0 Å². The van der Waals surface area contributed by atoms with Crippen LogP contribution in [0.3, 0.4) is 0 Å². The molecule has 2 saturated carbocycles. The Labute approximate surface area is 92.9 Å². The maximum absolute atomic E-state index is 6.07. The lowest BCUT2D eigenvalue weighted by atomic mass is 9.80. The first kappa shape index (κ1) is 10.2. The van der Waals surface area contributed by atoms with Gasteiger partial charge in [-0.15, -0.1) is 0 Å². The minimum atomic E-state index is -0.144. The summed E-state index contributed by atoms with van der Waals surface area (Å²) in [4.78, 5) is 0. The summed E-state index contributed by atoms with van der Waals surface area (Å²) in [6, 6.07) is 0. The summed E-state index contributed by atoms with van der Waals surface area (Å²) in [5.41, 5.74) is -0.289. The number of hydrogen-bond donors (Lipinski definition) is 0. The minimum absolute atomic E-state index is 0.0700. The van der Waals surface area contributed by atoms with Crippen molar-refractivity contribution in [1.82, 2.24) is 0 Å². The highest BCUT2D eigenvalue weighted by Crippen LogP contribution is 2.61. The third kappa shape index (κ3) is 1.55. The van der Waals surface area contributed by atoms with Crippen molar-refractivity contribution in [3.05, 3.63) is 0 Å². The molecule has 1 heterocycles. The standard InChI is InChI=1S/C12H21BO2/c1-11(2)12(3,4)15-13(14-11)10-7-9(10)8-5-6-8/h8-10H,5-7H2,1-4H3/t9-,10+/m0/s1. The first-order valence-electron chi connectivity index (χ1n) is 6.26. The molecule has 15 heavy (non-hydrogen) atoms. The van der Waals surface area contributed by atoms with Gasteiger partial charge in [0.25, 0.3) is 0 Å². The molecule has 0 N–H and O–H groups in total. The third-order valence-electron chi connectivity index (χ3n) is 4.74. The minimum Gasteiger partial charge on any atom is -0.403 e. The molecular weight excluding hydrogens is 187 g/mol. The Bertz CT molecular complexity index is 267. The van der Waals surface area contributed by atoms with E-state index in [1.807, 2.05) is 0 Å². The lowest BCUT2D eigenvalue weighted by molar-refractivity contribution is 0.00578. The predicted molar refractivity (Wildman–Crippen MR) is 60.7 cm³/mol. The molecule has 2 atom stereocenters. The van der Waals surface area contributed by atoms with Crippen LogP contribution in [0.2, 0.25) is 5.82 Å². The molecule has 0 aromatic carbocycles. The first-order chi connectivity index (χ1) is 6.91. The van der Waals surface area contributed by atoms with Crippen LogP contribution in [0.4, 0.5) is 0 Å². The average molecular weight is 208 g/mol. The van der Waals surface area contributed by atoms with E-state index in [1.165, 1.54) is 19.3 Å². The number of hydrogen-bond acceptors (Lipinski definition) is 2. The van der Waals surface area contributed by atoms with Crippen molar-refractivity contribution in [1.29, 1.82) is 0 Å². The molecule has 2 aliphatic carbocycles. The van der Waals surface area contributed by atoms with Crippen LogP contribution < -0.4 is 0 Å². The van der Waals surface area contributed by atoms with Crippen LogP contribution in [-0.2, 0) is 9.31 Å². The Hall–Kier alpha value is -0.0151.